The standard InChI is InChI=1S/C17H16F2N4O3/c1-9-14(17(20)24)15(16(18)19)21-23(9)8-12-7-13(22-26-12)10-3-5-11(25-2)6-4-10/h3-7,16H,8H2,1-2H3,(H2,20,24). The highest BCUT2D eigenvalue weighted by molar-refractivity contribution is 5.95. The van der Waals surface area contributed by atoms with Crippen LogP contribution in [0, 0.1) is 6.92 Å². The Balaban J connectivity index is 1.87. The minimum atomic E-state index is -2.90. The van der Waals surface area contributed by atoms with Crippen molar-refractivity contribution in [2.24, 2.45) is 5.73 Å². The van der Waals surface area contributed by atoms with Crippen LogP contribution in [0.5, 0.6) is 5.75 Å². The second-order valence-electron chi connectivity index (χ2n) is 5.58. The number of benzene rings is 1. The van der Waals surface area contributed by atoms with Crippen LogP contribution >= 0.6 is 0 Å². The summed E-state index contributed by atoms with van der Waals surface area (Å²) in [5, 5.41) is 7.76. The fourth-order valence-electron chi connectivity index (χ4n) is 2.61. The number of methoxy groups -OCH3 is 1. The molecule has 1 amide bonds. The van der Waals surface area contributed by atoms with Gasteiger partial charge in [-0.15, -0.1) is 0 Å². The molecule has 0 radical (unpaired) electrons. The highest BCUT2D eigenvalue weighted by Gasteiger charge is 2.25. The van der Waals surface area contributed by atoms with Gasteiger partial charge < -0.3 is 15.0 Å². The molecule has 0 fully saturated rings. The molecule has 0 aliphatic rings. The third-order valence-electron chi connectivity index (χ3n) is 3.94. The van der Waals surface area contributed by atoms with Gasteiger partial charge in [-0.3, -0.25) is 9.48 Å². The molecule has 7 nitrogen and oxygen atoms in total. The van der Waals surface area contributed by atoms with Crippen LogP contribution in [0.4, 0.5) is 8.78 Å². The van der Waals surface area contributed by atoms with Crippen LogP contribution < -0.4 is 10.5 Å². The van der Waals surface area contributed by atoms with Crippen molar-refractivity contribution in [1.29, 1.82) is 0 Å². The molecular formula is C17H16F2N4O3. The molecule has 0 aliphatic heterocycles. The van der Waals surface area contributed by atoms with Gasteiger partial charge in [-0.1, -0.05) is 5.16 Å². The van der Waals surface area contributed by atoms with Crippen LogP contribution in [0.15, 0.2) is 34.9 Å². The number of primary amides is 1. The SMILES string of the molecule is COc1ccc(-c2cc(Cn3nc(C(F)F)c(C(N)=O)c3C)on2)cc1. The van der Waals surface area contributed by atoms with Gasteiger partial charge in [0.2, 0.25) is 0 Å². The summed E-state index contributed by atoms with van der Waals surface area (Å²) in [5.74, 6) is 0.168. The van der Waals surface area contributed by atoms with Crippen LogP contribution in [0.3, 0.4) is 0 Å². The molecule has 3 aromatic rings. The lowest BCUT2D eigenvalue weighted by atomic mass is 10.1. The predicted molar refractivity (Wildman–Crippen MR) is 88.0 cm³/mol. The summed E-state index contributed by atoms with van der Waals surface area (Å²) < 4.78 is 37.8. The molecule has 0 saturated heterocycles. The van der Waals surface area contributed by atoms with E-state index in [0.717, 1.165) is 5.56 Å². The van der Waals surface area contributed by atoms with Gasteiger partial charge in [0.25, 0.3) is 12.3 Å². The monoisotopic (exact) mass is 362 g/mol. The van der Waals surface area contributed by atoms with Crippen LogP contribution in [-0.2, 0) is 6.54 Å². The van der Waals surface area contributed by atoms with E-state index in [2.05, 4.69) is 10.3 Å². The molecule has 2 heterocycles. The molecule has 136 valence electrons. The average Bonchev–Trinajstić information content (AvgIpc) is 3.20. The minimum absolute atomic E-state index is 0.0436. The second-order valence-corrected chi connectivity index (χ2v) is 5.58. The summed E-state index contributed by atoms with van der Waals surface area (Å²) in [5.41, 5.74) is 5.92. The number of hydrogen-bond acceptors (Lipinski definition) is 5. The smallest absolute Gasteiger partial charge is 0.282 e. The lowest BCUT2D eigenvalue weighted by molar-refractivity contribution is 0.0984. The first-order valence-corrected chi connectivity index (χ1v) is 7.66. The van der Waals surface area contributed by atoms with E-state index in [1.807, 2.05) is 12.1 Å². The maximum Gasteiger partial charge on any atom is 0.282 e. The van der Waals surface area contributed by atoms with Crippen molar-refractivity contribution < 1.29 is 22.8 Å². The van der Waals surface area contributed by atoms with Crippen LogP contribution in [0.2, 0.25) is 0 Å². The zero-order valence-electron chi connectivity index (χ0n) is 14.1. The van der Waals surface area contributed by atoms with E-state index in [1.54, 1.807) is 25.3 Å². The normalized spacial score (nSPS) is 11.1. The number of aromatic nitrogens is 3. The van der Waals surface area contributed by atoms with Gasteiger partial charge >= 0.3 is 0 Å². The molecule has 0 atom stereocenters. The maximum atomic E-state index is 13.1. The first-order valence-electron chi connectivity index (χ1n) is 7.66. The van der Waals surface area contributed by atoms with E-state index >= 15 is 0 Å². The number of ether oxygens (including phenoxy) is 1. The number of rotatable bonds is 6. The van der Waals surface area contributed by atoms with E-state index < -0.39 is 18.0 Å². The molecule has 0 unspecified atom stereocenters. The second kappa shape index (κ2) is 6.95. The molecule has 9 heteroatoms. The number of carbonyl (C=O) groups excluding carboxylic acids is 1. The third-order valence-corrected chi connectivity index (χ3v) is 3.94. The topological polar surface area (TPSA) is 96.2 Å². The Labute approximate surface area is 147 Å². The van der Waals surface area contributed by atoms with Gasteiger partial charge in [-0.25, -0.2) is 8.78 Å². The summed E-state index contributed by atoms with van der Waals surface area (Å²) in [7, 11) is 1.57. The van der Waals surface area contributed by atoms with E-state index in [4.69, 9.17) is 15.0 Å². The van der Waals surface area contributed by atoms with E-state index in [1.165, 1.54) is 11.6 Å². The van der Waals surface area contributed by atoms with Crippen molar-refractivity contribution in [1.82, 2.24) is 14.9 Å². The van der Waals surface area contributed by atoms with Crippen LogP contribution in [-0.4, -0.2) is 28.0 Å². The third kappa shape index (κ3) is 3.28. The Morgan fingerprint density at radius 3 is 2.58 bits per heavy atom. The van der Waals surface area contributed by atoms with Crippen molar-refractivity contribution in [2.45, 2.75) is 19.9 Å². The lowest BCUT2D eigenvalue weighted by Crippen LogP contribution is -2.14. The van der Waals surface area contributed by atoms with Gasteiger partial charge in [-0.05, 0) is 31.2 Å². The fraction of sp³-hybridized carbons (Fsp3) is 0.235. The molecular weight excluding hydrogens is 346 g/mol. The first-order chi connectivity index (χ1) is 12.4. The van der Waals surface area contributed by atoms with Gasteiger partial charge in [0, 0.05) is 17.3 Å². The van der Waals surface area contributed by atoms with E-state index in [9.17, 15) is 13.6 Å². The van der Waals surface area contributed by atoms with Crippen LogP contribution in [0.1, 0.15) is 33.9 Å². The minimum Gasteiger partial charge on any atom is -0.497 e. The molecule has 2 N–H and O–H groups in total. The van der Waals surface area contributed by atoms with Crippen molar-refractivity contribution in [3.8, 4) is 17.0 Å². The molecule has 0 aliphatic carbocycles. The van der Waals surface area contributed by atoms with Gasteiger partial charge in [0.05, 0.1) is 12.7 Å². The molecule has 3 rings (SSSR count). The fourth-order valence-corrected chi connectivity index (χ4v) is 2.61. The number of hydrogen-bond donors (Lipinski definition) is 1. The molecule has 2 aromatic heterocycles. The Hall–Kier alpha value is -3.23. The summed E-state index contributed by atoms with van der Waals surface area (Å²) in [4.78, 5) is 11.4. The number of halogens is 2. The molecule has 1 aromatic carbocycles. The van der Waals surface area contributed by atoms with E-state index in [-0.39, 0.29) is 17.8 Å². The van der Waals surface area contributed by atoms with Crippen molar-refractivity contribution >= 4 is 5.91 Å². The first kappa shape index (κ1) is 17.6. The Morgan fingerprint density at radius 1 is 1.35 bits per heavy atom. The zero-order valence-corrected chi connectivity index (χ0v) is 14.1. The summed E-state index contributed by atoms with van der Waals surface area (Å²) in [6, 6.07) is 8.89. The Kier molecular flexibility index (Phi) is 4.70. The van der Waals surface area contributed by atoms with Crippen molar-refractivity contribution in [3.63, 3.8) is 0 Å². The molecule has 26 heavy (non-hydrogen) atoms. The summed E-state index contributed by atoms with van der Waals surface area (Å²) in [6.07, 6.45) is -2.90. The number of nitrogens with zero attached hydrogens (tertiary/aromatic N) is 3. The highest BCUT2D eigenvalue weighted by Crippen LogP contribution is 2.26. The largest absolute Gasteiger partial charge is 0.497 e. The number of nitrogens with two attached hydrogens (primary N) is 1. The van der Waals surface area contributed by atoms with E-state index in [0.29, 0.717) is 17.2 Å². The van der Waals surface area contributed by atoms with Gasteiger partial charge in [-0.2, -0.15) is 5.10 Å². The number of carbonyl (C=O) groups is 1. The average molecular weight is 362 g/mol. The lowest BCUT2D eigenvalue weighted by Gasteiger charge is -2.01. The van der Waals surface area contributed by atoms with Gasteiger partial charge in [0.15, 0.2) is 5.76 Å². The van der Waals surface area contributed by atoms with Gasteiger partial charge in [0.1, 0.15) is 23.7 Å². The predicted octanol–water partition coefficient (Wildman–Crippen LogP) is 2.94. The Bertz CT molecular complexity index is 932. The highest BCUT2D eigenvalue weighted by atomic mass is 19.3. The zero-order chi connectivity index (χ0) is 18.8. The maximum absolute atomic E-state index is 13.1. The molecule has 0 spiro atoms. The Morgan fingerprint density at radius 2 is 2.04 bits per heavy atom. The van der Waals surface area contributed by atoms with Crippen molar-refractivity contribution in [3.05, 3.63) is 53.0 Å². The summed E-state index contributed by atoms with van der Waals surface area (Å²) >= 11 is 0. The molecule has 0 saturated carbocycles. The quantitative estimate of drug-likeness (QED) is 0.727. The number of amides is 1. The number of alkyl halides is 2. The van der Waals surface area contributed by atoms with Crippen molar-refractivity contribution in [2.75, 3.05) is 7.11 Å². The summed E-state index contributed by atoms with van der Waals surface area (Å²) in [6.45, 7) is 1.54. The molecule has 0 bridgehead atoms. The van der Waals surface area contributed by atoms with Crippen LogP contribution in [0.25, 0.3) is 11.3 Å².